The van der Waals surface area contributed by atoms with Gasteiger partial charge in [-0.05, 0) is 51.1 Å². The fraction of sp³-hybridized carbons (Fsp3) is 0.533. The Morgan fingerprint density at radius 1 is 1.47 bits per heavy atom. The molecule has 104 valence electrons. The number of piperidine rings is 1. The summed E-state index contributed by atoms with van der Waals surface area (Å²) in [7, 11) is 2.14. The van der Waals surface area contributed by atoms with E-state index in [1.165, 1.54) is 19.3 Å². The Morgan fingerprint density at radius 2 is 2.26 bits per heavy atom. The molecule has 1 heterocycles. The van der Waals surface area contributed by atoms with Gasteiger partial charge in [-0.2, -0.15) is 0 Å². The molecule has 1 aliphatic heterocycles. The molecule has 0 radical (unpaired) electrons. The van der Waals surface area contributed by atoms with Crippen LogP contribution in [-0.2, 0) is 0 Å². The van der Waals surface area contributed by atoms with Crippen LogP contribution in [-0.4, -0.2) is 37.0 Å². The van der Waals surface area contributed by atoms with Gasteiger partial charge in [0.25, 0.3) is 5.91 Å². The number of hydrogen-bond acceptors (Lipinski definition) is 2. The van der Waals surface area contributed by atoms with Crippen molar-refractivity contribution in [1.82, 2.24) is 10.2 Å². The summed E-state index contributed by atoms with van der Waals surface area (Å²) < 4.78 is 0.981. The molecule has 1 N–H and O–H groups in total. The van der Waals surface area contributed by atoms with E-state index in [1.54, 1.807) is 0 Å². The molecule has 1 aromatic carbocycles. The molecule has 1 amide bonds. The highest BCUT2D eigenvalue weighted by atomic mass is 79.9. The lowest BCUT2D eigenvalue weighted by molar-refractivity contribution is 0.0928. The highest BCUT2D eigenvalue weighted by Crippen LogP contribution is 2.19. The zero-order valence-corrected chi connectivity index (χ0v) is 13.2. The predicted molar refractivity (Wildman–Crippen MR) is 81.5 cm³/mol. The van der Waals surface area contributed by atoms with Crippen LogP contribution >= 0.6 is 15.9 Å². The maximum Gasteiger partial charge on any atom is 0.251 e. The Hall–Kier alpha value is -0.870. The van der Waals surface area contributed by atoms with E-state index in [-0.39, 0.29) is 5.91 Å². The highest BCUT2D eigenvalue weighted by molar-refractivity contribution is 9.10. The van der Waals surface area contributed by atoms with E-state index in [9.17, 15) is 4.79 Å². The number of amides is 1. The minimum atomic E-state index is 0.0257. The van der Waals surface area contributed by atoms with Gasteiger partial charge < -0.3 is 10.2 Å². The zero-order chi connectivity index (χ0) is 13.8. The summed E-state index contributed by atoms with van der Waals surface area (Å²) in [5.74, 6) is 0.0257. The van der Waals surface area contributed by atoms with Crippen LogP contribution in [0.3, 0.4) is 0 Å². The van der Waals surface area contributed by atoms with Gasteiger partial charge in [0.05, 0.1) is 0 Å². The van der Waals surface area contributed by atoms with Crippen molar-refractivity contribution in [1.29, 1.82) is 0 Å². The lowest BCUT2D eigenvalue weighted by atomic mass is 10.0. The van der Waals surface area contributed by atoms with Crippen LogP contribution in [0.5, 0.6) is 0 Å². The molecule has 0 aliphatic carbocycles. The Morgan fingerprint density at radius 3 is 3.00 bits per heavy atom. The fourth-order valence-corrected chi connectivity index (χ4v) is 2.93. The van der Waals surface area contributed by atoms with Crippen LogP contribution in [0.2, 0.25) is 0 Å². The van der Waals surface area contributed by atoms with Gasteiger partial charge in [-0.1, -0.05) is 28.4 Å². The maximum absolute atomic E-state index is 12.2. The topological polar surface area (TPSA) is 32.3 Å². The molecular weight excluding hydrogens is 304 g/mol. The lowest BCUT2D eigenvalue weighted by Gasteiger charge is -2.32. The van der Waals surface area contributed by atoms with Crippen molar-refractivity contribution >= 4 is 21.8 Å². The Kier molecular flexibility index (Phi) is 4.99. The van der Waals surface area contributed by atoms with E-state index in [2.05, 4.69) is 33.2 Å². The standard InChI is InChI=1S/C15H21BrN2O/c1-11-13(7-5-8-14(11)16)15(19)17-10-12-6-3-4-9-18(12)2/h5,7-8,12H,3-4,6,9-10H2,1-2H3,(H,17,19). The number of benzene rings is 1. The van der Waals surface area contributed by atoms with Crippen LogP contribution in [0.1, 0.15) is 35.2 Å². The van der Waals surface area contributed by atoms with E-state index < -0.39 is 0 Å². The first-order chi connectivity index (χ1) is 9.09. The van der Waals surface area contributed by atoms with Crippen LogP contribution in [0.15, 0.2) is 22.7 Å². The summed E-state index contributed by atoms with van der Waals surface area (Å²) in [6.45, 7) is 3.84. The van der Waals surface area contributed by atoms with Crippen molar-refractivity contribution < 1.29 is 4.79 Å². The van der Waals surface area contributed by atoms with Crippen LogP contribution in [0, 0.1) is 6.92 Å². The molecule has 0 spiro atoms. The number of nitrogens with one attached hydrogen (secondary N) is 1. The Bertz CT molecular complexity index is 461. The highest BCUT2D eigenvalue weighted by Gasteiger charge is 2.20. The van der Waals surface area contributed by atoms with E-state index in [0.29, 0.717) is 6.04 Å². The number of carbonyl (C=O) groups excluding carboxylic acids is 1. The molecule has 0 saturated carbocycles. The molecule has 0 bridgehead atoms. The molecule has 1 atom stereocenters. The molecule has 1 aliphatic rings. The summed E-state index contributed by atoms with van der Waals surface area (Å²) in [6, 6.07) is 6.21. The van der Waals surface area contributed by atoms with E-state index >= 15 is 0 Å². The van der Waals surface area contributed by atoms with Crippen molar-refractivity contribution in [2.24, 2.45) is 0 Å². The molecule has 1 fully saturated rings. The molecule has 1 unspecified atom stereocenters. The molecule has 3 nitrogen and oxygen atoms in total. The summed E-state index contributed by atoms with van der Waals surface area (Å²) in [4.78, 5) is 14.6. The molecule has 1 saturated heterocycles. The van der Waals surface area contributed by atoms with Crippen LogP contribution < -0.4 is 5.32 Å². The lowest BCUT2D eigenvalue weighted by Crippen LogP contribution is -2.44. The predicted octanol–water partition coefficient (Wildman–Crippen LogP) is 2.97. The fourth-order valence-electron chi connectivity index (χ4n) is 2.56. The maximum atomic E-state index is 12.2. The quantitative estimate of drug-likeness (QED) is 0.927. The largest absolute Gasteiger partial charge is 0.350 e. The van der Waals surface area contributed by atoms with Crippen molar-refractivity contribution in [3.63, 3.8) is 0 Å². The first-order valence-corrected chi connectivity index (χ1v) is 7.62. The third kappa shape index (κ3) is 3.57. The summed E-state index contributed by atoms with van der Waals surface area (Å²) in [5, 5.41) is 3.07. The van der Waals surface area contributed by atoms with Gasteiger partial charge in [0.2, 0.25) is 0 Å². The second-order valence-electron chi connectivity index (χ2n) is 5.25. The number of rotatable bonds is 3. The average Bonchev–Trinajstić information content (AvgIpc) is 2.40. The summed E-state index contributed by atoms with van der Waals surface area (Å²) in [5.41, 5.74) is 1.75. The van der Waals surface area contributed by atoms with Crippen molar-refractivity contribution in [2.45, 2.75) is 32.2 Å². The van der Waals surface area contributed by atoms with Gasteiger partial charge in [0, 0.05) is 22.6 Å². The SMILES string of the molecule is Cc1c(Br)cccc1C(=O)NCC1CCCCN1C. The number of halogens is 1. The molecular formula is C15H21BrN2O. The Balaban J connectivity index is 1.95. The normalized spacial score (nSPS) is 20.3. The van der Waals surface area contributed by atoms with Gasteiger partial charge in [0.15, 0.2) is 0 Å². The van der Waals surface area contributed by atoms with Gasteiger partial charge in [0.1, 0.15) is 0 Å². The minimum Gasteiger partial charge on any atom is -0.350 e. The van der Waals surface area contributed by atoms with Gasteiger partial charge in [-0.25, -0.2) is 0 Å². The third-order valence-corrected chi connectivity index (χ3v) is 4.79. The average molecular weight is 325 g/mol. The third-order valence-electron chi connectivity index (χ3n) is 3.93. The monoisotopic (exact) mass is 324 g/mol. The number of nitrogens with zero attached hydrogens (tertiary/aromatic N) is 1. The smallest absolute Gasteiger partial charge is 0.251 e. The number of likely N-dealkylation sites (tertiary alicyclic amines) is 1. The summed E-state index contributed by atoms with van der Waals surface area (Å²) >= 11 is 3.46. The van der Waals surface area contributed by atoms with Crippen LogP contribution in [0.25, 0.3) is 0 Å². The van der Waals surface area contributed by atoms with E-state index in [1.807, 2.05) is 25.1 Å². The van der Waals surface area contributed by atoms with E-state index in [4.69, 9.17) is 0 Å². The van der Waals surface area contributed by atoms with E-state index in [0.717, 1.165) is 28.7 Å². The first-order valence-electron chi connectivity index (χ1n) is 6.83. The second-order valence-corrected chi connectivity index (χ2v) is 6.11. The molecule has 0 aromatic heterocycles. The van der Waals surface area contributed by atoms with Gasteiger partial charge in [-0.15, -0.1) is 0 Å². The second kappa shape index (κ2) is 6.53. The van der Waals surface area contributed by atoms with Crippen molar-refractivity contribution in [3.8, 4) is 0 Å². The molecule has 19 heavy (non-hydrogen) atoms. The number of likely N-dealkylation sites (N-methyl/N-ethyl adjacent to an activating group) is 1. The van der Waals surface area contributed by atoms with Crippen molar-refractivity contribution in [2.75, 3.05) is 20.1 Å². The van der Waals surface area contributed by atoms with Crippen molar-refractivity contribution in [3.05, 3.63) is 33.8 Å². The molecule has 1 aromatic rings. The summed E-state index contributed by atoms with van der Waals surface area (Å²) in [6.07, 6.45) is 3.71. The zero-order valence-electron chi connectivity index (χ0n) is 11.6. The van der Waals surface area contributed by atoms with Gasteiger partial charge >= 0.3 is 0 Å². The number of carbonyl (C=O) groups is 1. The Labute approximate surface area is 123 Å². The van der Waals surface area contributed by atoms with Gasteiger partial charge in [-0.3, -0.25) is 4.79 Å². The van der Waals surface area contributed by atoms with Crippen LogP contribution in [0.4, 0.5) is 0 Å². The number of hydrogen-bond donors (Lipinski definition) is 1. The minimum absolute atomic E-state index is 0.0257. The first kappa shape index (κ1) is 14.5. The molecule has 2 rings (SSSR count). The molecule has 4 heteroatoms.